The maximum absolute atomic E-state index is 12.3. The standard InChI is InChI=1S/C16H20N4O2S/c1-22-9-2-10-23-13-7-5-12(6-8-13)17-16(21)15-14(11-3-4-11)18-20-19-15/h5-8,11H,2-4,9-10H2,1H3,(H,17,21)(H,18,19,20). The number of nitrogens with zero attached hydrogens (tertiary/aromatic N) is 2. The second-order valence-electron chi connectivity index (χ2n) is 5.51. The van der Waals surface area contributed by atoms with Crippen LogP contribution >= 0.6 is 11.8 Å². The van der Waals surface area contributed by atoms with E-state index >= 15 is 0 Å². The van der Waals surface area contributed by atoms with Crippen molar-refractivity contribution >= 4 is 23.4 Å². The molecule has 0 spiro atoms. The molecule has 0 atom stereocenters. The first-order chi connectivity index (χ1) is 11.3. The van der Waals surface area contributed by atoms with Crippen LogP contribution in [0.2, 0.25) is 0 Å². The van der Waals surface area contributed by atoms with E-state index in [4.69, 9.17) is 4.74 Å². The Morgan fingerprint density at radius 2 is 2.13 bits per heavy atom. The summed E-state index contributed by atoms with van der Waals surface area (Å²) in [6.45, 7) is 0.780. The summed E-state index contributed by atoms with van der Waals surface area (Å²) in [5.41, 5.74) is 1.96. The summed E-state index contributed by atoms with van der Waals surface area (Å²) in [5.74, 6) is 1.20. The average Bonchev–Trinajstić information content (AvgIpc) is 3.29. The second kappa shape index (κ2) is 7.61. The van der Waals surface area contributed by atoms with Crippen LogP contribution in [0, 0.1) is 0 Å². The number of carbonyl (C=O) groups excluding carboxylic acids is 1. The highest BCUT2D eigenvalue weighted by Crippen LogP contribution is 2.40. The van der Waals surface area contributed by atoms with E-state index in [1.165, 1.54) is 4.90 Å². The molecule has 1 amide bonds. The third kappa shape index (κ3) is 4.33. The molecule has 23 heavy (non-hydrogen) atoms. The van der Waals surface area contributed by atoms with Crippen molar-refractivity contribution in [3.8, 4) is 0 Å². The zero-order chi connectivity index (χ0) is 16.1. The van der Waals surface area contributed by atoms with Crippen LogP contribution in [0.4, 0.5) is 5.69 Å². The number of hydrogen-bond donors (Lipinski definition) is 2. The maximum Gasteiger partial charge on any atom is 0.278 e. The molecule has 122 valence electrons. The first-order valence-corrected chi connectivity index (χ1v) is 8.70. The van der Waals surface area contributed by atoms with Gasteiger partial charge in [0.25, 0.3) is 5.91 Å². The largest absolute Gasteiger partial charge is 0.385 e. The predicted molar refractivity (Wildman–Crippen MR) is 90.0 cm³/mol. The van der Waals surface area contributed by atoms with E-state index < -0.39 is 0 Å². The van der Waals surface area contributed by atoms with Gasteiger partial charge in [-0.25, -0.2) is 0 Å². The Morgan fingerprint density at radius 3 is 2.83 bits per heavy atom. The Balaban J connectivity index is 1.55. The van der Waals surface area contributed by atoms with Crippen molar-refractivity contribution in [3.63, 3.8) is 0 Å². The topological polar surface area (TPSA) is 79.9 Å². The number of benzene rings is 1. The van der Waals surface area contributed by atoms with Gasteiger partial charge >= 0.3 is 0 Å². The van der Waals surface area contributed by atoms with Crippen LogP contribution in [-0.2, 0) is 4.74 Å². The molecule has 0 bridgehead atoms. The van der Waals surface area contributed by atoms with Crippen LogP contribution in [0.1, 0.15) is 41.4 Å². The smallest absolute Gasteiger partial charge is 0.278 e. The summed E-state index contributed by atoms with van der Waals surface area (Å²) in [6.07, 6.45) is 3.19. The van der Waals surface area contributed by atoms with Crippen molar-refractivity contribution in [1.82, 2.24) is 15.4 Å². The van der Waals surface area contributed by atoms with Crippen molar-refractivity contribution in [3.05, 3.63) is 35.7 Å². The van der Waals surface area contributed by atoms with Crippen LogP contribution in [-0.4, -0.2) is 40.8 Å². The number of thioether (sulfide) groups is 1. The Labute approximate surface area is 139 Å². The van der Waals surface area contributed by atoms with Gasteiger partial charge in [-0.1, -0.05) is 0 Å². The number of hydrogen-bond acceptors (Lipinski definition) is 5. The number of aromatic nitrogens is 3. The number of anilines is 1. The zero-order valence-electron chi connectivity index (χ0n) is 13.0. The summed E-state index contributed by atoms with van der Waals surface area (Å²) in [4.78, 5) is 13.5. The molecule has 1 aliphatic carbocycles. The van der Waals surface area contributed by atoms with Gasteiger partial charge in [-0.2, -0.15) is 15.4 Å². The van der Waals surface area contributed by atoms with Gasteiger partial charge in [-0.05, 0) is 43.5 Å². The third-order valence-corrected chi connectivity index (χ3v) is 4.73. The Morgan fingerprint density at radius 1 is 1.35 bits per heavy atom. The molecular weight excluding hydrogens is 312 g/mol. The highest BCUT2D eigenvalue weighted by molar-refractivity contribution is 7.99. The van der Waals surface area contributed by atoms with Crippen molar-refractivity contribution in [2.75, 3.05) is 24.8 Å². The molecule has 0 aliphatic heterocycles. The van der Waals surface area contributed by atoms with Gasteiger partial charge in [0.05, 0.1) is 5.69 Å². The van der Waals surface area contributed by atoms with Crippen LogP contribution < -0.4 is 5.32 Å². The molecular formula is C16H20N4O2S. The molecule has 1 aromatic heterocycles. The van der Waals surface area contributed by atoms with Gasteiger partial charge in [-0.3, -0.25) is 4.79 Å². The summed E-state index contributed by atoms with van der Waals surface area (Å²) >= 11 is 1.78. The minimum atomic E-state index is -0.207. The summed E-state index contributed by atoms with van der Waals surface area (Å²) in [5, 5.41) is 13.5. The Hall–Kier alpha value is -1.86. The molecule has 1 fully saturated rings. The summed E-state index contributed by atoms with van der Waals surface area (Å²) in [7, 11) is 1.71. The van der Waals surface area contributed by atoms with Crippen molar-refractivity contribution in [1.29, 1.82) is 0 Å². The Kier molecular flexibility index (Phi) is 5.30. The van der Waals surface area contributed by atoms with Crippen LogP contribution in [0.3, 0.4) is 0 Å². The molecule has 2 aromatic rings. The van der Waals surface area contributed by atoms with E-state index in [1.54, 1.807) is 18.9 Å². The molecule has 1 aromatic carbocycles. The van der Waals surface area contributed by atoms with Crippen LogP contribution in [0.25, 0.3) is 0 Å². The molecule has 1 aliphatic rings. The molecule has 3 rings (SSSR count). The van der Waals surface area contributed by atoms with E-state index in [1.807, 2.05) is 24.3 Å². The van der Waals surface area contributed by atoms with Crippen molar-refractivity contribution < 1.29 is 9.53 Å². The number of amides is 1. The lowest BCUT2D eigenvalue weighted by molar-refractivity contribution is 0.102. The number of ether oxygens (including phenoxy) is 1. The van der Waals surface area contributed by atoms with E-state index in [-0.39, 0.29) is 5.91 Å². The molecule has 0 radical (unpaired) electrons. The number of rotatable bonds is 8. The van der Waals surface area contributed by atoms with Gasteiger partial charge in [0, 0.05) is 36.0 Å². The van der Waals surface area contributed by atoms with E-state index in [2.05, 4.69) is 20.7 Å². The molecule has 2 N–H and O–H groups in total. The van der Waals surface area contributed by atoms with Crippen molar-refractivity contribution in [2.24, 2.45) is 0 Å². The number of methoxy groups -OCH3 is 1. The number of aromatic amines is 1. The molecule has 0 saturated heterocycles. The molecule has 7 heteroatoms. The Bertz CT molecular complexity index is 652. The zero-order valence-corrected chi connectivity index (χ0v) is 13.9. The predicted octanol–water partition coefficient (Wildman–Crippen LogP) is 3.06. The molecule has 1 heterocycles. The third-order valence-electron chi connectivity index (χ3n) is 3.63. The summed E-state index contributed by atoms with van der Waals surface area (Å²) < 4.78 is 5.03. The molecule has 0 unspecified atom stereocenters. The lowest BCUT2D eigenvalue weighted by Gasteiger charge is -2.06. The first kappa shape index (κ1) is 16.0. The van der Waals surface area contributed by atoms with E-state index in [0.717, 1.165) is 43.0 Å². The SMILES string of the molecule is COCCCSc1ccc(NC(=O)c2n[nH]nc2C2CC2)cc1. The molecule has 1 saturated carbocycles. The fourth-order valence-corrected chi connectivity index (χ4v) is 3.09. The first-order valence-electron chi connectivity index (χ1n) is 7.71. The average molecular weight is 332 g/mol. The lowest BCUT2D eigenvalue weighted by Crippen LogP contribution is -2.14. The van der Waals surface area contributed by atoms with Crippen LogP contribution in [0.15, 0.2) is 29.2 Å². The van der Waals surface area contributed by atoms with Crippen molar-refractivity contribution in [2.45, 2.75) is 30.1 Å². The number of H-pyrrole nitrogens is 1. The quantitative estimate of drug-likeness (QED) is 0.574. The monoisotopic (exact) mass is 332 g/mol. The van der Waals surface area contributed by atoms with Crippen LogP contribution in [0.5, 0.6) is 0 Å². The fourth-order valence-electron chi connectivity index (χ4n) is 2.27. The van der Waals surface area contributed by atoms with E-state index in [9.17, 15) is 4.79 Å². The fraction of sp³-hybridized carbons (Fsp3) is 0.438. The minimum absolute atomic E-state index is 0.207. The highest BCUT2D eigenvalue weighted by atomic mass is 32.2. The number of nitrogens with one attached hydrogen (secondary N) is 2. The molecule has 6 nitrogen and oxygen atoms in total. The number of carbonyl (C=O) groups is 1. The highest BCUT2D eigenvalue weighted by Gasteiger charge is 2.31. The normalized spacial score (nSPS) is 14.0. The van der Waals surface area contributed by atoms with E-state index in [0.29, 0.717) is 11.6 Å². The minimum Gasteiger partial charge on any atom is -0.385 e. The van der Waals surface area contributed by atoms with Gasteiger partial charge < -0.3 is 10.1 Å². The second-order valence-corrected chi connectivity index (χ2v) is 6.67. The van der Waals surface area contributed by atoms with Gasteiger partial charge in [0.1, 0.15) is 0 Å². The van der Waals surface area contributed by atoms with Gasteiger partial charge in [0.15, 0.2) is 5.69 Å². The lowest BCUT2D eigenvalue weighted by atomic mass is 10.2. The summed E-state index contributed by atoms with van der Waals surface area (Å²) in [6, 6.07) is 7.84. The van der Waals surface area contributed by atoms with Gasteiger partial charge in [-0.15, -0.1) is 11.8 Å². The maximum atomic E-state index is 12.3. The van der Waals surface area contributed by atoms with Gasteiger partial charge in [0.2, 0.25) is 0 Å².